The number of nitrogens with zero attached hydrogens (tertiary/aromatic N) is 1. The second kappa shape index (κ2) is 9.88. The molecule has 0 saturated heterocycles. The fraction of sp³-hybridized carbons (Fsp3) is 0.389. The number of esters is 1. The van der Waals surface area contributed by atoms with Crippen LogP contribution in [0.15, 0.2) is 29.6 Å². The molecule has 1 amide bonds. The minimum absolute atomic E-state index is 0.0392. The third-order valence-electron chi connectivity index (χ3n) is 3.46. The van der Waals surface area contributed by atoms with Gasteiger partial charge in [0.15, 0.2) is 0 Å². The van der Waals surface area contributed by atoms with Gasteiger partial charge in [-0.2, -0.15) is 0 Å². The van der Waals surface area contributed by atoms with Crippen LogP contribution in [0.4, 0.5) is 4.39 Å². The lowest BCUT2D eigenvalue weighted by Gasteiger charge is -2.04. The average molecular weight is 364 g/mol. The Hall–Kier alpha value is -2.28. The highest BCUT2D eigenvalue weighted by atomic mass is 32.1. The van der Waals surface area contributed by atoms with Crippen LogP contribution >= 0.6 is 11.3 Å². The Labute approximate surface area is 150 Å². The molecule has 7 heteroatoms. The number of rotatable bonds is 9. The third kappa shape index (κ3) is 7.01. The lowest BCUT2D eigenvalue weighted by molar-refractivity contribution is -0.145. The highest BCUT2D eigenvalue weighted by Gasteiger charge is 2.08. The molecule has 0 fully saturated rings. The molecule has 0 radical (unpaired) electrons. The minimum Gasteiger partial charge on any atom is -0.459 e. The van der Waals surface area contributed by atoms with Gasteiger partial charge >= 0.3 is 5.97 Å². The maximum absolute atomic E-state index is 12.9. The number of amides is 1. The van der Waals surface area contributed by atoms with Crippen LogP contribution in [0.25, 0.3) is 10.6 Å². The van der Waals surface area contributed by atoms with Gasteiger partial charge in [0.2, 0.25) is 5.91 Å². The van der Waals surface area contributed by atoms with E-state index in [4.69, 9.17) is 4.74 Å². The maximum Gasteiger partial charge on any atom is 0.306 e. The van der Waals surface area contributed by atoms with Crippen LogP contribution in [0.3, 0.4) is 0 Å². The van der Waals surface area contributed by atoms with E-state index in [0.717, 1.165) is 29.8 Å². The number of unbranched alkanes of at least 4 members (excludes halogenated alkanes) is 2. The first-order chi connectivity index (χ1) is 12.0. The zero-order chi connectivity index (χ0) is 18.1. The molecule has 0 aliphatic carbocycles. The molecule has 1 aromatic carbocycles. The number of carbonyl (C=O) groups excluding carboxylic acids is 2. The third-order valence-corrected chi connectivity index (χ3v) is 4.40. The molecular formula is C18H21FN2O3S. The van der Waals surface area contributed by atoms with Crippen molar-refractivity contribution in [1.82, 2.24) is 10.3 Å². The van der Waals surface area contributed by atoms with Crippen LogP contribution in [-0.4, -0.2) is 23.4 Å². The summed E-state index contributed by atoms with van der Waals surface area (Å²) < 4.78 is 18.1. The summed E-state index contributed by atoms with van der Waals surface area (Å²) in [5.41, 5.74) is 1.52. The minimum atomic E-state index is -0.286. The fourth-order valence-corrected chi connectivity index (χ4v) is 2.97. The topological polar surface area (TPSA) is 68.3 Å². The molecule has 0 saturated carbocycles. The van der Waals surface area contributed by atoms with Gasteiger partial charge in [0, 0.05) is 30.8 Å². The Bertz CT molecular complexity index is 701. The number of hydrogen-bond donors (Lipinski definition) is 1. The molecule has 0 unspecified atom stereocenters. The van der Waals surface area contributed by atoms with Crippen LogP contribution in [0.1, 0.15) is 38.3 Å². The largest absolute Gasteiger partial charge is 0.459 e. The number of hydrogen-bond acceptors (Lipinski definition) is 5. The van der Waals surface area contributed by atoms with Gasteiger partial charge < -0.3 is 10.1 Å². The first kappa shape index (κ1) is 19.1. The number of aromatic nitrogens is 1. The van der Waals surface area contributed by atoms with E-state index in [1.807, 2.05) is 5.38 Å². The van der Waals surface area contributed by atoms with Crippen molar-refractivity contribution in [3.8, 4) is 10.6 Å². The lowest BCUT2D eigenvalue weighted by Crippen LogP contribution is -2.20. The van der Waals surface area contributed by atoms with Gasteiger partial charge in [0.25, 0.3) is 0 Å². The molecule has 1 N–H and O–H groups in total. The van der Waals surface area contributed by atoms with Gasteiger partial charge in [0.05, 0.1) is 5.69 Å². The number of thiazole rings is 1. The van der Waals surface area contributed by atoms with Crippen molar-refractivity contribution in [2.75, 3.05) is 6.54 Å². The molecule has 2 aromatic rings. The molecule has 0 aliphatic heterocycles. The maximum atomic E-state index is 12.9. The van der Waals surface area contributed by atoms with E-state index in [9.17, 15) is 14.0 Å². The summed E-state index contributed by atoms with van der Waals surface area (Å²) in [6.45, 7) is 2.26. The van der Waals surface area contributed by atoms with E-state index in [0.29, 0.717) is 18.7 Å². The number of halogens is 1. The predicted molar refractivity (Wildman–Crippen MR) is 94.5 cm³/mol. The van der Waals surface area contributed by atoms with Crippen molar-refractivity contribution < 1.29 is 18.7 Å². The van der Waals surface area contributed by atoms with Crippen molar-refractivity contribution in [2.45, 2.75) is 39.2 Å². The van der Waals surface area contributed by atoms with Crippen LogP contribution < -0.4 is 5.32 Å². The summed E-state index contributed by atoms with van der Waals surface area (Å²) >= 11 is 1.43. The normalized spacial score (nSPS) is 10.5. The molecule has 1 heterocycles. The number of carbonyl (C=O) groups is 2. The summed E-state index contributed by atoms with van der Waals surface area (Å²) in [7, 11) is 0. The highest BCUT2D eigenvalue weighted by Crippen LogP contribution is 2.24. The zero-order valence-electron chi connectivity index (χ0n) is 14.1. The Morgan fingerprint density at radius 2 is 1.96 bits per heavy atom. The van der Waals surface area contributed by atoms with Gasteiger partial charge in [-0.15, -0.1) is 11.3 Å². The lowest BCUT2D eigenvalue weighted by atomic mass is 10.2. The molecule has 0 spiro atoms. The molecular weight excluding hydrogens is 343 g/mol. The van der Waals surface area contributed by atoms with Crippen LogP contribution in [0.2, 0.25) is 0 Å². The van der Waals surface area contributed by atoms with Gasteiger partial charge in [-0.1, -0.05) is 6.42 Å². The van der Waals surface area contributed by atoms with Crippen molar-refractivity contribution in [3.63, 3.8) is 0 Å². The molecule has 0 aliphatic rings. The van der Waals surface area contributed by atoms with Gasteiger partial charge in [-0.25, -0.2) is 9.37 Å². The second-order valence-electron chi connectivity index (χ2n) is 5.61. The van der Waals surface area contributed by atoms with Crippen LogP contribution in [-0.2, 0) is 20.9 Å². The highest BCUT2D eigenvalue weighted by molar-refractivity contribution is 7.13. The molecule has 0 bridgehead atoms. The Morgan fingerprint density at radius 3 is 2.68 bits per heavy atom. The van der Waals surface area contributed by atoms with E-state index < -0.39 is 0 Å². The number of benzene rings is 1. The smallest absolute Gasteiger partial charge is 0.306 e. The average Bonchev–Trinajstić information content (AvgIpc) is 3.05. The van der Waals surface area contributed by atoms with Crippen molar-refractivity contribution in [2.24, 2.45) is 0 Å². The van der Waals surface area contributed by atoms with Crippen LogP contribution in [0, 0.1) is 5.82 Å². The van der Waals surface area contributed by atoms with Crippen molar-refractivity contribution in [3.05, 3.63) is 41.2 Å². The molecule has 134 valence electrons. The van der Waals surface area contributed by atoms with E-state index in [1.54, 1.807) is 12.1 Å². The number of nitrogens with one attached hydrogen (secondary N) is 1. The van der Waals surface area contributed by atoms with E-state index >= 15 is 0 Å². The zero-order valence-corrected chi connectivity index (χ0v) is 14.9. The van der Waals surface area contributed by atoms with Crippen LogP contribution in [0.5, 0.6) is 0 Å². The Kier molecular flexibility index (Phi) is 7.53. The summed E-state index contributed by atoms with van der Waals surface area (Å²) in [6, 6.07) is 6.13. The van der Waals surface area contributed by atoms with E-state index in [-0.39, 0.29) is 24.3 Å². The fourth-order valence-electron chi connectivity index (χ4n) is 2.16. The molecule has 1 aromatic heterocycles. The Balaban J connectivity index is 1.66. The first-order valence-electron chi connectivity index (χ1n) is 8.15. The van der Waals surface area contributed by atoms with E-state index in [1.165, 1.54) is 30.4 Å². The summed E-state index contributed by atoms with van der Waals surface area (Å²) in [4.78, 5) is 26.8. The SMILES string of the molecule is CC(=O)NCCCCCC(=O)OCc1csc(-c2ccc(F)cc2)n1. The quantitative estimate of drug-likeness (QED) is 0.544. The van der Waals surface area contributed by atoms with Crippen molar-refractivity contribution in [1.29, 1.82) is 0 Å². The monoisotopic (exact) mass is 364 g/mol. The molecule has 0 atom stereocenters. The second-order valence-corrected chi connectivity index (χ2v) is 6.46. The standard InChI is InChI=1S/C18H21FN2O3S/c1-13(22)20-10-4-2-3-5-17(23)24-11-16-12-25-18(21-16)14-6-8-15(19)9-7-14/h6-9,12H,2-5,10-11H2,1H3,(H,20,22). The molecule has 25 heavy (non-hydrogen) atoms. The predicted octanol–water partition coefficient (Wildman–Crippen LogP) is 3.69. The Morgan fingerprint density at radius 1 is 1.20 bits per heavy atom. The number of ether oxygens (including phenoxy) is 1. The van der Waals surface area contributed by atoms with Gasteiger partial charge in [0.1, 0.15) is 17.4 Å². The molecule has 5 nitrogen and oxygen atoms in total. The van der Waals surface area contributed by atoms with Gasteiger partial charge in [-0.3, -0.25) is 9.59 Å². The summed E-state index contributed by atoms with van der Waals surface area (Å²) in [6.07, 6.45) is 2.80. The summed E-state index contributed by atoms with van der Waals surface area (Å²) in [5, 5.41) is 5.32. The molecule has 2 rings (SSSR count). The van der Waals surface area contributed by atoms with E-state index in [2.05, 4.69) is 10.3 Å². The van der Waals surface area contributed by atoms with Gasteiger partial charge in [-0.05, 0) is 37.1 Å². The first-order valence-corrected chi connectivity index (χ1v) is 9.03. The van der Waals surface area contributed by atoms with Crippen molar-refractivity contribution >= 4 is 23.2 Å². The summed E-state index contributed by atoms with van der Waals surface area (Å²) in [5.74, 6) is -0.579.